The third kappa shape index (κ3) is 10.6. The Kier molecular flexibility index (Phi) is 12.9. The summed E-state index contributed by atoms with van der Waals surface area (Å²) >= 11 is 0. The van der Waals surface area contributed by atoms with Crippen molar-refractivity contribution in [3.63, 3.8) is 0 Å². The van der Waals surface area contributed by atoms with Gasteiger partial charge in [-0.15, -0.1) is 0 Å². The number of H-pyrrole nitrogens is 1. The van der Waals surface area contributed by atoms with Crippen molar-refractivity contribution < 1.29 is 47.6 Å². The zero-order chi connectivity index (χ0) is 29.3. The van der Waals surface area contributed by atoms with Crippen molar-refractivity contribution >= 4 is 20.9 Å². The van der Waals surface area contributed by atoms with Crippen LogP contribution in [0.5, 0.6) is 0 Å². The molecule has 38 heavy (non-hydrogen) atoms. The highest BCUT2D eigenvalue weighted by atomic mass is 31.2. The Morgan fingerprint density at radius 1 is 1.18 bits per heavy atom. The van der Waals surface area contributed by atoms with Crippen LogP contribution in [0.3, 0.4) is 0 Å². The van der Waals surface area contributed by atoms with Gasteiger partial charge in [0.1, 0.15) is 24.1 Å². The van der Waals surface area contributed by atoms with Crippen molar-refractivity contribution in [2.75, 3.05) is 27.3 Å². The highest BCUT2D eigenvalue weighted by molar-refractivity contribution is 7.41. The van der Waals surface area contributed by atoms with Crippen molar-refractivity contribution in [2.24, 2.45) is 10.8 Å². The summed E-state index contributed by atoms with van der Waals surface area (Å²) in [4.78, 5) is 47.1. The lowest BCUT2D eigenvalue weighted by molar-refractivity contribution is -0.160. The number of aldehydes is 1. The number of esters is 1. The van der Waals surface area contributed by atoms with E-state index in [-0.39, 0.29) is 18.8 Å². The predicted molar refractivity (Wildman–Crippen MR) is 135 cm³/mol. The van der Waals surface area contributed by atoms with Crippen LogP contribution in [0.15, 0.2) is 21.9 Å². The van der Waals surface area contributed by atoms with Crippen molar-refractivity contribution in [2.45, 2.75) is 72.5 Å². The van der Waals surface area contributed by atoms with Crippen LogP contribution >= 0.6 is 8.60 Å². The minimum Gasteiger partial charge on any atom is -0.438 e. The molecule has 2 heterocycles. The molecule has 0 spiro atoms. The number of aromatic amines is 1. The number of hydrogen-bond donors (Lipinski definition) is 3. The first-order valence-corrected chi connectivity index (χ1v) is 12.7. The van der Waals surface area contributed by atoms with Gasteiger partial charge in [0.2, 0.25) is 6.79 Å². The molecule has 1 aromatic heterocycles. The summed E-state index contributed by atoms with van der Waals surface area (Å²) in [5, 5.41) is 21.2. The number of carbonyl (C=O) groups is 2. The van der Waals surface area contributed by atoms with Crippen LogP contribution in [-0.4, -0.2) is 77.1 Å². The molecule has 14 nitrogen and oxygen atoms in total. The topological polar surface area (TPSA) is 185 Å². The Balaban J connectivity index is 0.00000107. The number of nitrogens with one attached hydrogen (secondary N) is 1. The molecule has 0 aromatic carbocycles. The van der Waals surface area contributed by atoms with Gasteiger partial charge in [0.25, 0.3) is 5.56 Å². The van der Waals surface area contributed by atoms with Crippen molar-refractivity contribution in [1.82, 2.24) is 9.55 Å². The third-order valence-corrected chi connectivity index (χ3v) is 5.78. The van der Waals surface area contributed by atoms with Crippen LogP contribution in [0.2, 0.25) is 0 Å². The molecular formula is C23H39N2O12P. The Morgan fingerprint density at radius 3 is 2.26 bits per heavy atom. The van der Waals surface area contributed by atoms with E-state index in [1.807, 2.05) is 20.8 Å². The minimum atomic E-state index is -2.07. The molecule has 4 unspecified atom stereocenters. The molecular weight excluding hydrogens is 527 g/mol. The van der Waals surface area contributed by atoms with Crippen molar-refractivity contribution in [3.05, 3.63) is 33.1 Å². The molecule has 5 atom stereocenters. The van der Waals surface area contributed by atoms with Gasteiger partial charge < -0.3 is 33.7 Å². The average Bonchev–Trinajstić information content (AvgIpc) is 3.03. The van der Waals surface area contributed by atoms with Gasteiger partial charge in [-0.2, -0.15) is 0 Å². The van der Waals surface area contributed by atoms with Crippen LogP contribution in [0.1, 0.15) is 54.7 Å². The van der Waals surface area contributed by atoms with E-state index in [2.05, 4.69) is 4.98 Å². The van der Waals surface area contributed by atoms with E-state index in [1.54, 1.807) is 20.8 Å². The maximum atomic E-state index is 12.1. The lowest BCUT2D eigenvalue weighted by Gasteiger charge is -2.27. The molecule has 1 aromatic rings. The summed E-state index contributed by atoms with van der Waals surface area (Å²) in [6.07, 6.45) is -1.74. The normalized spacial score (nSPS) is 24.3. The van der Waals surface area contributed by atoms with Crippen molar-refractivity contribution in [1.29, 1.82) is 0 Å². The summed E-state index contributed by atoms with van der Waals surface area (Å²) in [5.41, 5.74) is -4.17. The lowest BCUT2D eigenvalue weighted by atomic mass is 9.96. The van der Waals surface area contributed by atoms with Crippen LogP contribution < -0.4 is 11.2 Å². The van der Waals surface area contributed by atoms with E-state index in [4.69, 9.17) is 27.8 Å². The Hall–Kier alpha value is -2.03. The van der Waals surface area contributed by atoms with Gasteiger partial charge in [0.05, 0.1) is 12.0 Å². The first kappa shape index (κ1) is 34.0. The van der Waals surface area contributed by atoms with Crippen LogP contribution in [0.25, 0.3) is 0 Å². The fraction of sp³-hybridized carbons (Fsp3) is 0.739. The summed E-state index contributed by atoms with van der Waals surface area (Å²) < 4.78 is 32.5. The summed E-state index contributed by atoms with van der Waals surface area (Å²) in [5.74, 6) is -0.487. The van der Waals surface area contributed by atoms with E-state index >= 15 is 0 Å². The molecule has 0 saturated carbocycles. The molecule has 0 bridgehead atoms. The van der Waals surface area contributed by atoms with Gasteiger partial charge in [-0.1, -0.05) is 20.8 Å². The SMILES string of the molecule is CC(C)(C)C=O.COCOP(OCOC(=O)C(C)(C)C)OCC1OC(n2ccc(=O)[nH]c2=O)C(C)(O)[C@H]1O. The third-order valence-electron chi connectivity index (χ3n) is 4.79. The molecule has 0 radical (unpaired) electrons. The number of carbonyl (C=O) groups excluding carboxylic acids is 2. The number of rotatable bonds is 10. The molecule has 1 saturated heterocycles. The van der Waals surface area contributed by atoms with E-state index in [1.165, 1.54) is 14.0 Å². The highest BCUT2D eigenvalue weighted by Crippen LogP contribution is 2.43. The number of methoxy groups -OCH3 is 1. The molecule has 218 valence electrons. The number of nitrogens with zero attached hydrogens (tertiary/aromatic N) is 1. The average molecular weight is 567 g/mol. The van der Waals surface area contributed by atoms with Gasteiger partial charge in [0, 0.05) is 24.8 Å². The largest absolute Gasteiger partial charge is 0.438 e. The van der Waals surface area contributed by atoms with Crippen LogP contribution in [0, 0.1) is 10.8 Å². The standard InChI is InChI=1S/C18H29N2O11P.C5H10O/c1-17(2,3)15(23)27-10-30-32(29-9-26-5)28-8-11-13(22)18(4,25)14(31-11)20-7-6-12(21)19-16(20)24;1-5(2,3)4-6/h6-7,11,13-14,22,25H,8-10H2,1-5H3,(H,19,21,24);4H,1-3H3/t11?,13-,14?,18?,32?;/m0./s1. The lowest BCUT2D eigenvalue weighted by Crippen LogP contribution is -2.46. The zero-order valence-electron chi connectivity index (χ0n) is 23.0. The Labute approximate surface area is 222 Å². The zero-order valence-corrected chi connectivity index (χ0v) is 23.9. The second-order valence-electron chi connectivity index (χ2n) is 10.7. The fourth-order valence-corrected chi connectivity index (χ4v) is 3.49. The molecule has 1 aliphatic heterocycles. The second kappa shape index (κ2) is 14.4. The van der Waals surface area contributed by atoms with E-state index < -0.39 is 62.1 Å². The number of aromatic nitrogens is 2. The van der Waals surface area contributed by atoms with E-state index in [0.29, 0.717) is 0 Å². The van der Waals surface area contributed by atoms with Gasteiger partial charge in [0.15, 0.2) is 13.0 Å². The Morgan fingerprint density at radius 2 is 1.76 bits per heavy atom. The van der Waals surface area contributed by atoms with Gasteiger partial charge in [-0.25, -0.2) is 4.79 Å². The number of aliphatic hydroxyl groups is 2. The Bertz CT molecular complexity index is 1010. The number of hydrogen-bond acceptors (Lipinski definition) is 12. The molecule has 0 amide bonds. The summed E-state index contributed by atoms with van der Waals surface area (Å²) in [6.45, 7) is 11.1. The van der Waals surface area contributed by atoms with Gasteiger partial charge in [-0.05, 0) is 27.7 Å². The molecule has 2 rings (SSSR count). The fourth-order valence-electron chi connectivity index (χ4n) is 2.67. The second-order valence-corrected chi connectivity index (χ2v) is 11.9. The molecule has 15 heteroatoms. The van der Waals surface area contributed by atoms with Crippen LogP contribution in [-0.2, 0) is 37.4 Å². The molecule has 3 N–H and O–H groups in total. The van der Waals surface area contributed by atoms with Gasteiger partial charge >= 0.3 is 20.3 Å². The van der Waals surface area contributed by atoms with E-state index in [0.717, 1.165) is 23.1 Å². The summed E-state index contributed by atoms with van der Waals surface area (Å²) in [6, 6.07) is 1.08. The van der Waals surface area contributed by atoms with Crippen LogP contribution in [0.4, 0.5) is 0 Å². The highest BCUT2D eigenvalue weighted by Gasteiger charge is 2.53. The molecule has 1 aliphatic rings. The number of ether oxygens (including phenoxy) is 3. The quantitative estimate of drug-likeness (QED) is 0.159. The number of aliphatic hydroxyl groups excluding tert-OH is 1. The first-order valence-electron chi connectivity index (χ1n) is 11.6. The molecule has 0 aliphatic carbocycles. The van der Waals surface area contributed by atoms with E-state index in [9.17, 15) is 29.4 Å². The predicted octanol–water partition coefficient (Wildman–Crippen LogP) is 1.20. The maximum absolute atomic E-state index is 12.1. The maximum Gasteiger partial charge on any atom is 0.337 e. The smallest absolute Gasteiger partial charge is 0.337 e. The minimum absolute atomic E-state index is 0.139. The van der Waals surface area contributed by atoms with Gasteiger partial charge in [-0.3, -0.25) is 28.2 Å². The molecule has 1 fully saturated rings. The summed E-state index contributed by atoms with van der Waals surface area (Å²) in [7, 11) is -0.680. The van der Waals surface area contributed by atoms with Crippen molar-refractivity contribution in [3.8, 4) is 0 Å². The monoisotopic (exact) mass is 566 g/mol. The first-order chi connectivity index (χ1) is 17.4.